The van der Waals surface area contributed by atoms with Crippen LogP contribution >= 0.6 is 24.0 Å². The molecule has 2 heterocycles. The van der Waals surface area contributed by atoms with E-state index in [4.69, 9.17) is 10.5 Å². The molecule has 2 saturated heterocycles. The Labute approximate surface area is 195 Å². The third-order valence-electron chi connectivity index (χ3n) is 5.69. The molecule has 1 aromatic rings. The number of hydrogen-bond acceptors (Lipinski definition) is 4. The molecule has 9 heteroatoms. The Bertz CT molecular complexity index is 714. The number of primary amides is 1. The number of guanidine groups is 1. The molecule has 2 fully saturated rings. The molecule has 2 atom stereocenters. The Balaban J connectivity index is 0.00000320. The van der Waals surface area contributed by atoms with Crippen LogP contribution in [0.15, 0.2) is 29.3 Å². The summed E-state index contributed by atoms with van der Waals surface area (Å²) in [6, 6.07) is 6.83. The smallest absolute Gasteiger partial charge is 0.217 e. The van der Waals surface area contributed by atoms with Crippen LogP contribution in [0.25, 0.3) is 0 Å². The van der Waals surface area contributed by atoms with Crippen molar-refractivity contribution in [2.24, 2.45) is 16.6 Å². The van der Waals surface area contributed by atoms with Gasteiger partial charge in [0.15, 0.2) is 5.96 Å². The van der Waals surface area contributed by atoms with Gasteiger partial charge in [0.1, 0.15) is 5.82 Å². The summed E-state index contributed by atoms with van der Waals surface area (Å²) in [5.74, 6) is 0.598. The van der Waals surface area contributed by atoms with Crippen LogP contribution in [0, 0.1) is 11.7 Å². The Morgan fingerprint density at radius 3 is 2.80 bits per heavy atom. The predicted molar refractivity (Wildman–Crippen MR) is 126 cm³/mol. The molecule has 168 valence electrons. The van der Waals surface area contributed by atoms with Crippen molar-refractivity contribution in [3.63, 3.8) is 0 Å². The zero-order valence-electron chi connectivity index (χ0n) is 17.6. The largest absolute Gasteiger partial charge is 0.379 e. The SMILES string of the molecule is CN=C(NCC(c1cccc(F)c1)N1CCOCC1)N1CCCC(CC(N)=O)C1.I. The molecular formula is C21H33FIN5O2. The average Bonchev–Trinajstić information content (AvgIpc) is 2.72. The van der Waals surface area contributed by atoms with Gasteiger partial charge in [-0.05, 0) is 36.5 Å². The quantitative estimate of drug-likeness (QED) is 0.332. The van der Waals surface area contributed by atoms with E-state index < -0.39 is 0 Å². The maximum Gasteiger partial charge on any atom is 0.217 e. The third kappa shape index (κ3) is 7.05. The molecule has 0 radical (unpaired) electrons. The van der Waals surface area contributed by atoms with Gasteiger partial charge in [-0.25, -0.2) is 4.39 Å². The van der Waals surface area contributed by atoms with E-state index in [9.17, 15) is 9.18 Å². The van der Waals surface area contributed by atoms with Crippen LogP contribution in [-0.2, 0) is 9.53 Å². The van der Waals surface area contributed by atoms with Crippen LogP contribution in [0.1, 0.15) is 30.9 Å². The van der Waals surface area contributed by atoms with Gasteiger partial charge < -0.3 is 20.7 Å². The van der Waals surface area contributed by atoms with E-state index in [1.165, 1.54) is 6.07 Å². The molecule has 0 bridgehead atoms. The highest BCUT2D eigenvalue weighted by Crippen LogP contribution is 2.23. The number of piperidine rings is 1. The monoisotopic (exact) mass is 533 g/mol. The number of morpholine rings is 1. The van der Waals surface area contributed by atoms with Gasteiger partial charge >= 0.3 is 0 Å². The minimum atomic E-state index is -0.252. The molecule has 0 aromatic heterocycles. The zero-order valence-corrected chi connectivity index (χ0v) is 19.9. The van der Waals surface area contributed by atoms with Gasteiger partial charge in [-0.2, -0.15) is 0 Å². The number of amides is 1. The van der Waals surface area contributed by atoms with Gasteiger partial charge in [0.25, 0.3) is 0 Å². The number of nitrogens with two attached hydrogens (primary N) is 1. The lowest BCUT2D eigenvalue weighted by Gasteiger charge is -2.38. The Hall–Kier alpha value is -1.46. The van der Waals surface area contributed by atoms with Crippen molar-refractivity contribution in [1.82, 2.24) is 15.1 Å². The van der Waals surface area contributed by atoms with Gasteiger partial charge in [-0.15, -0.1) is 24.0 Å². The van der Waals surface area contributed by atoms with E-state index in [-0.39, 0.29) is 47.7 Å². The fraction of sp³-hybridized carbons (Fsp3) is 0.619. The number of nitrogens with one attached hydrogen (secondary N) is 1. The number of aliphatic imine (C=N–C) groups is 1. The summed E-state index contributed by atoms with van der Waals surface area (Å²) in [4.78, 5) is 20.3. The molecule has 2 aliphatic rings. The summed E-state index contributed by atoms with van der Waals surface area (Å²) < 4.78 is 19.4. The first-order valence-electron chi connectivity index (χ1n) is 10.4. The van der Waals surface area contributed by atoms with E-state index >= 15 is 0 Å². The number of carbonyl (C=O) groups excluding carboxylic acids is 1. The molecule has 3 rings (SSSR count). The fourth-order valence-corrected chi connectivity index (χ4v) is 4.29. The lowest BCUT2D eigenvalue weighted by atomic mass is 9.95. The van der Waals surface area contributed by atoms with Gasteiger partial charge in [0.05, 0.1) is 19.3 Å². The lowest BCUT2D eigenvalue weighted by molar-refractivity contribution is -0.119. The second kappa shape index (κ2) is 12.4. The second-order valence-electron chi connectivity index (χ2n) is 7.77. The molecule has 0 spiro atoms. The van der Waals surface area contributed by atoms with Crippen LogP contribution < -0.4 is 11.1 Å². The zero-order chi connectivity index (χ0) is 20.6. The summed E-state index contributed by atoms with van der Waals surface area (Å²) in [7, 11) is 1.77. The van der Waals surface area contributed by atoms with Gasteiger partial charge in [0.2, 0.25) is 5.91 Å². The maximum atomic E-state index is 13.9. The first kappa shape index (κ1) is 24.8. The van der Waals surface area contributed by atoms with Crippen molar-refractivity contribution in [3.05, 3.63) is 35.6 Å². The molecule has 1 amide bonds. The number of halogens is 2. The highest BCUT2D eigenvalue weighted by Gasteiger charge is 2.26. The van der Waals surface area contributed by atoms with E-state index in [1.807, 2.05) is 6.07 Å². The number of likely N-dealkylation sites (tertiary alicyclic amines) is 1. The molecule has 0 saturated carbocycles. The van der Waals surface area contributed by atoms with E-state index in [1.54, 1.807) is 19.2 Å². The maximum absolute atomic E-state index is 13.9. The highest BCUT2D eigenvalue weighted by atomic mass is 127. The first-order chi connectivity index (χ1) is 14.1. The minimum Gasteiger partial charge on any atom is -0.379 e. The number of nitrogens with zero attached hydrogens (tertiary/aromatic N) is 3. The summed E-state index contributed by atoms with van der Waals surface area (Å²) in [5.41, 5.74) is 6.33. The lowest BCUT2D eigenvalue weighted by Crippen LogP contribution is -2.50. The first-order valence-corrected chi connectivity index (χ1v) is 10.4. The summed E-state index contributed by atoms with van der Waals surface area (Å²) >= 11 is 0. The van der Waals surface area contributed by atoms with Gasteiger partial charge in [-0.3, -0.25) is 14.7 Å². The molecule has 7 nitrogen and oxygen atoms in total. The predicted octanol–water partition coefficient (Wildman–Crippen LogP) is 1.98. The number of benzene rings is 1. The summed E-state index contributed by atoms with van der Waals surface area (Å²) in [6.45, 7) is 5.27. The van der Waals surface area contributed by atoms with Crippen molar-refractivity contribution in [3.8, 4) is 0 Å². The molecule has 1 aromatic carbocycles. The summed E-state index contributed by atoms with van der Waals surface area (Å²) in [6.07, 6.45) is 2.43. The van der Waals surface area contributed by atoms with E-state index in [0.29, 0.717) is 26.2 Å². The van der Waals surface area contributed by atoms with Crippen LogP contribution in [-0.4, -0.2) is 74.7 Å². The Morgan fingerprint density at radius 2 is 2.13 bits per heavy atom. The highest BCUT2D eigenvalue weighted by molar-refractivity contribution is 14.0. The number of carbonyl (C=O) groups is 1. The standard InChI is InChI=1S/C21H32FN5O2.HI/c1-24-21(27-7-3-4-16(15-27)12-20(23)28)25-14-19(26-8-10-29-11-9-26)17-5-2-6-18(22)13-17;/h2,5-6,13,16,19H,3-4,7-12,14-15H2,1H3,(H2,23,28)(H,24,25);1H. The normalized spacial score (nSPS) is 21.6. The van der Waals surface area contributed by atoms with E-state index in [0.717, 1.165) is 50.5 Å². The van der Waals surface area contributed by atoms with E-state index in [2.05, 4.69) is 20.1 Å². The fourth-order valence-electron chi connectivity index (χ4n) is 4.29. The van der Waals surface area contributed by atoms with Crippen molar-refractivity contribution in [2.45, 2.75) is 25.3 Å². The number of rotatable bonds is 6. The third-order valence-corrected chi connectivity index (χ3v) is 5.69. The van der Waals surface area contributed by atoms with Crippen LogP contribution in [0.3, 0.4) is 0 Å². The average molecular weight is 533 g/mol. The Kier molecular flexibility index (Phi) is 10.3. The van der Waals surface area contributed by atoms with Crippen LogP contribution in [0.5, 0.6) is 0 Å². The second-order valence-corrected chi connectivity index (χ2v) is 7.77. The van der Waals surface area contributed by atoms with Crippen molar-refractivity contribution in [1.29, 1.82) is 0 Å². The molecular weight excluding hydrogens is 500 g/mol. The summed E-state index contributed by atoms with van der Waals surface area (Å²) in [5, 5.41) is 3.48. The van der Waals surface area contributed by atoms with Crippen LogP contribution in [0.4, 0.5) is 4.39 Å². The molecule has 30 heavy (non-hydrogen) atoms. The van der Waals surface area contributed by atoms with Crippen LogP contribution in [0.2, 0.25) is 0 Å². The Morgan fingerprint density at radius 1 is 1.37 bits per heavy atom. The van der Waals surface area contributed by atoms with Crippen molar-refractivity contribution in [2.75, 3.05) is 53.0 Å². The minimum absolute atomic E-state index is 0. The molecule has 2 aliphatic heterocycles. The van der Waals surface area contributed by atoms with Crippen molar-refractivity contribution >= 4 is 35.8 Å². The molecule has 0 aliphatic carbocycles. The van der Waals surface area contributed by atoms with Gasteiger partial charge in [0, 0.05) is 46.2 Å². The van der Waals surface area contributed by atoms with Gasteiger partial charge in [-0.1, -0.05) is 12.1 Å². The topological polar surface area (TPSA) is 83.2 Å². The number of ether oxygens (including phenoxy) is 1. The molecule has 2 unspecified atom stereocenters. The van der Waals surface area contributed by atoms with Crippen molar-refractivity contribution < 1.29 is 13.9 Å². The molecule has 3 N–H and O–H groups in total. The number of hydrogen-bond donors (Lipinski definition) is 2.